The number of hydrogen-bond acceptors (Lipinski definition) is 5. The van der Waals surface area contributed by atoms with Gasteiger partial charge in [-0.2, -0.15) is 0 Å². The first-order valence-corrected chi connectivity index (χ1v) is 9.64. The molecule has 0 spiro atoms. The van der Waals surface area contributed by atoms with Crippen LogP contribution in [0.1, 0.15) is 38.5 Å². The second-order valence-electron chi connectivity index (χ2n) is 6.39. The van der Waals surface area contributed by atoms with Gasteiger partial charge in [0.1, 0.15) is 5.75 Å². The summed E-state index contributed by atoms with van der Waals surface area (Å²) in [5.74, 6) is 0.495. The Balaban J connectivity index is 1.85. The van der Waals surface area contributed by atoms with Crippen LogP contribution in [-0.2, 0) is 9.59 Å². The molecule has 1 aliphatic rings. The number of carbonyl (C=O) groups excluding carboxylic acids is 2. The molecule has 1 aromatic heterocycles. The SMILES string of the molecule is CCC(CC)C(=O)Nc1nc(-c2ccc3c(c2)NC(=O)[C@H](C)O3)c(C)s1. The van der Waals surface area contributed by atoms with Crippen molar-refractivity contribution >= 4 is 34.0 Å². The van der Waals surface area contributed by atoms with Crippen molar-refractivity contribution in [2.24, 2.45) is 5.92 Å². The van der Waals surface area contributed by atoms with Gasteiger partial charge in [-0.1, -0.05) is 13.8 Å². The van der Waals surface area contributed by atoms with E-state index >= 15 is 0 Å². The van der Waals surface area contributed by atoms with Crippen molar-refractivity contribution in [1.82, 2.24) is 4.98 Å². The van der Waals surface area contributed by atoms with Crippen molar-refractivity contribution in [2.45, 2.75) is 46.6 Å². The largest absolute Gasteiger partial charge is 0.479 e. The van der Waals surface area contributed by atoms with Gasteiger partial charge in [-0.05, 0) is 44.9 Å². The number of benzene rings is 1. The summed E-state index contributed by atoms with van der Waals surface area (Å²) >= 11 is 1.45. The van der Waals surface area contributed by atoms with Crippen LogP contribution in [0.4, 0.5) is 10.8 Å². The molecule has 1 aliphatic heterocycles. The highest BCUT2D eigenvalue weighted by atomic mass is 32.1. The molecule has 2 heterocycles. The first kappa shape index (κ1) is 18.4. The molecule has 0 unspecified atom stereocenters. The summed E-state index contributed by atoms with van der Waals surface area (Å²) < 4.78 is 5.59. The Labute approximate surface area is 157 Å². The molecule has 0 saturated carbocycles. The van der Waals surface area contributed by atoms with Crippen LogP contribution in [0.5, 0.6) is 5.75 Å². The maximum Gasteiger partial charge on any atom is 0.265 e. The Hall–Kier alpha value is -2.41. The molecule has 0 aliphatic carbocycles. The summed E-state index contributed by atoms with van der Waals surface area (Å²) in [6, 6.07) is 5.60. The minimum Gasteiger partial charge on any atom is -0.479 e. The van der Waals surface area contributed by atoms with Crippen molar-refractivity contribution in [3.63, 3.8) is 0 Å². The molecule has 26 heavy (non-hydrogen) atoms. The number of aryl methyl sites for hydroxylation is 1. The summed E-state index contributed by atoms with van der Waals surface area (Å²) in [5.41, 5.74) is 2.31. The van der Waals surface area contributed by atoms with Crippen LogP contribution < -0.4 is 15.4 Å². The number of aromatic nitrogens is 1. The molecule has 1 aromatic carbocycles. The normalized spacial score (nSPS) is 16.0. The summed E-state index contributed by atoms with van der Waals surface area (Å²) in [6.07, 6.45) is 1.12. The van der Waals surface area contributed by atoms with Gasteiger partial charge in [0.25, 0.3) is 5.91 Å². The lowest BCUT2D eigenvalue weighted by molar-refractivity contribution is -0.122. The number of nitrogens with one attached hydrogen (secondary N) is 2. The predicted molar refractivity (Wildman–Crippen MR) is 104 cm³/mol. The van der Waals surface area contributed by atoms with Crippen molar-refractivity contribution in [3.8, 4) is 17.0 Å². The molecule has 2 amide bonds. The van der Waals surface area contributed by atoms with Crippen LogP contribution in [0.3, 0.4) is 0 Å². The topological polar surface area (TPSA) is 80.3 Å². The summed E-state index contributed by atoms with van der Waals surface area (Å²) in [6.45, 7) is 7.70. The second-order valence-corrected chi connectivity index (χ2v) is 7.59. The van der Waals surface area contributed by atoms with Crippen molar-refractivity contribution < 1.29 is 14.3 Å². The zero-order valence-corrected chi connectivity index (χ0v) is 16.2. The lowest BCUT2D eigenvalue weighted by Gasteiger charge is -2.23. The zero-order chi connectivity index (χ0) is 18.8. The minimum atomic E-state index is -0.499. The molecule has 0 saturated heterocycles. The molecule has 6 nitrogen and oxygen atoms in total. The van der Waals surface area contributed by atoms with Crippen molar-refractivity contribution in [3.05, 3.63) is 23.1 Å². The molecule has 2 N–H and O–H groups in total. The Kier molecular flexibility index (Phi) is 5.27. The first-order chi connectivity index (χ1) is 12.4. The Morgan fingerprint density at radius 3 is 2.81 bits per heavy atom. The third-order valence-corrected chi connectivity index (χ3v) is 5.45. The molecule has 0 bridgehead atoms. The van der Waals surface area contributed by atoms with Crippen LogP contribution in [0.25, 0.3) is 11.3 Å². The third kappa shape index (κ3) is 3.58. The number of amides is 2. The highest BCUT2D eigenvalue weighted by Crippen LogP contribution is 2.37. The fraction of sp³-hybridized carbons (Fsp3) is 0.421. The molecular weight excluding hydrogens is 350 g/mol. The molecule has 0 fully saturated rings. The Bertz CT molecular complexity index is 843. The smallest absolute Gasteiger partial charge is 0.265 e. The standard InChI is InChI=1S/C19H23N3O3S/c1-5-12(6-2)18(24)22-19-21-16(11(4)26-19)13-7-8-15-14(9-13)20-17(23)10(3)25-15/h7-10,12H,5-6H2,1-4H3,(H,20,23)(H,21,22,24)/t10-/m0/s1. The highest BCUT2D eigenvalue weighted by molar-refractivity contribution is 7.16. The molecule has 0 radical (unpaired) electrons. The lowest BCUT2D eigenvalue weighted by atomic mass is 10.0. The highest BCUT2D eigenvalue weighted by Gasteiger charge is 2.24. The maximum atomic E-state index is 12.3. The number of thiazole rings is 1. The van der Waals surface area contributed by atoms with E-state index < -0.39 is 6.10 Å². The van der Waals surface area contributed by atoms with Crippen molar-refractivity contribution in [2.75, 3.05) is 10.6 Å². The predicted octanol–water partition coefficient (Wildman–Crippen LogP) is 4.21. The van der Waals surface area contributed by atoms with Crippen molar-refractivity contribution in [1.29, 1.82) is 0 Å². The number of hydrogen-bond donors (Lipinski definition) is 2. The molecule has 7 heteroatoms. The third-order valence-electron chi connectivity index (χ3n) is 4.57. The van der Waals surface area contributed by atoms with Crippen LogP contribution in [0.15, 0.2) is 18.2 Å². The van der Waals surface area contributed by atoms with Gasteiger partial charge in [0.05, 0.1) is 11.4 Å². The van der Waals surface area contributed by atoms with Gasteiger partial charge in [0, 0.05) is 16.4 Å². The van der Waals surface area contributed by atoms with E-state index in [1.165, 1.54) is 11.3 Å². The van der Waals surface area contributed by atoms with E-state index in [1.54, 1.807) is 6.92 Å². The van der Waals surface area contributed by atoms with Gasteiger partial charge in [-0.3, -0.25) is 9.59 Å². The van der Waals surface area contributed by atoms with E-state index in [1.807, 2.05) is 39.0 Å². The van der Waals surface area contributed by atoms with Crippen LogP contribution in [0, 0.1) is 12.8 Å². The van der Waals surface area contributed by atoms with Gasteiger partial charge >= 0.3 is 0 Å². The number of carbonyl (C=O) groups is 2. The number of fused-ring (bicyclic) bond motifs is 1. The Morgan fingerprint density at radius 2 is 2.12 bits per heavy atom. The molecule has 2 aromatic rings. The van der Waals surface area contributed by atoms with E-state index in [0.29, 0.717) is 16.6 Å². The summed E-state index contributed by atoms with van der Waals surface area (Å²) in [4.78, 5) is 29.7. The summed E-state index contributed by atoms with van der Waals surface area (Å²) in [5, 5.41) is 6.37. The lowest BCUT2D eigenvalue weighted by Crippen LogP contribution is -2.34. The van der Waals surface area contributed by atoms with Crippen LogP contribution >= 0.6 is 11.3 Å². The van der Waals surface area contributed by atoms with E-state index in [2.05, 4.69) is 15.6 Å². The molecule has 3 rings (SSSR count). The number of ether oxygens (including phenoxy) is 1. The van der Waals surface area contributed by atoms with Gasteiger partial charge < -0.3 is 15.4 Å². The van der Waals surface area contributed by atoms with E-state index in [-0.39, 0.29) is 17.7 Å². The fourth-order valence-electron chi connectivity index (χ4n) is 2.94. The second kappa shape index (κ2) is 7.45. The average molecular weight is 373 g/mol. The molecular formula is C19H23N3O3S. The van der Waals surface area contributed by atoms with Crippen LogP contribution in [0.2, 0.25) is 0 Å². The van der Waals surface area contributed by atoms with Gasteiger partial charge in [0.15, 0.2) is 11.2 Å². The molecule has 1 atom stereocenters. The van der Waals surface area contributed by atoms with Gasteiger partial charge in [-0.15, -0.1) is 11.3 Å². The average Bonchev–Trinajstić information content (AvgIpc) is 2.97. The Morgan fingerprint density at radius 1 is 1.38 bits per heavy atom. The maximum absolute atomic E-state index is 12.3. The minimum absolute atomic E-state index is 0.000696. The fourth-order valence-corrected chi connectivity index (χ4v) is 3.78. The van der Waals surface area contributed by atoms with Gasteiger partial charge in [-0.25, -0.2) is 4.98 Å². The quantitative estimate of drug-likeness (QED) is 0.823. The van der Waals surface area contributed by atoms with E-state index in [4.69, 9.17) is 4.74 Å². The summed E-state index contributed by atoms with van der Waals surface area (Å²) in [7, 11) is 0. The number of anilines is 2. The monoisotopic (exact) mass is 373 g/mol. The number of nitrogens with zero attached hydrogens (tertiary/aromatic N) is 1. The first-order valence-electron chi connectivity index (χ1n) is 8.83. The number of rotatable bonds is 5. The molecule has 138 valence electrons. The zero-order valence-electron chi connectivity index (χ0n) is 15.4. The van der Waals surface area contributed by atoms with E-state index in [0.717, 1.165) is 29.0 Å². The van der Waals surface area contributed by atoms with Crippen LogP contribution in [-0.4, -0.2) is 22.9 Å². The van der Waals surface area contributed by atoms with Gasteiger partial charge in [0.2, 0.25) is 5.91 Å². The van der Waals surface area contributed by atoms with E-state index in [9.17, 15) is 9.59 Å².